The van der Waals surface area contributed by atoms with E-state index in [2.05, 4.69) is 12.2 Å². The summed E-state index contributed by atoms with van der Waals surface area (Å²) < 4.78 is 5.27. The van der Waals surface area contributed by atoms with E-state index in [9.17, 15) is 14.4 Å². The molecule has 3 amide bonds. The van der Waals surface area contributed by atoms with Crippen molar-refractivity contribution in [1.29, 1.82) is 0 Å². The fourth-order valence-electron chi connectivity index (χ4n) is 4.74. The van der Waals surface area contributed by atoms with Crippen LogP contribution in [-0.2, 0) is 14.4 Å². The number of carbonyl (C=O) groups excluding carboxylic acids is 3. The number of methoxy groups -OCH3 is 1. The largest absolute Gasteiger partial charge is 0.497 e. The standard InChI is InChI=1S/C26H31N3O4/c1-3-4-14-29-24(31)17-22(25(29)18-10-12-21(33-2)13-11-18)26(32)27-19-7-5-8-20(16-19)28-15-6-9-23(28)30/h5,7-8,10-13,16,22,25H,3-4,6,9,14-15,17H2,1-2H3,(H,27,32)/t22-,25+/m1/s1. The molecular formula is C26H31N3O4. The van der Waals surface area contributed by atoms with Crippen molar-refractivity contribution in [2.45, 2.75) is 45.1 Å². The summed E-state index contributed by atoms with van der Waals surface area (Å²) in [4.78, 5) is 42.0. The summed E-state index contributed by atoms with van der Waals surface area (Å²) in [6.45, 7) is 3.41. The van der Waals surface area contributed by atoms with Gasteiger partial charge in [-0.1, -0.05) is 31.5 Å². The molecule has 0 aliphatic carbocycles. The van der Waals surface area contributed by atoms with E-state index in [0.717, 1.165) is 36.3 Å². The van der Waals surface area contributed by atoms with Gasteiger partial charge in [-0.2, -0.15) is 0 Å². The fraction of sp³-hybridized carbons (Fsp3) is 0.423. The molecule has 2 aliphatic heterocycles. The molecule has 2 saturated heterocycles. The van der Waals surface area contributed by atoms with E-state index in [1.807, 2.05) is 53.4 Å². The zero-order valence-electron chi connectivity index (χ0n) is 19.3. The predicted molar refractivity (Wildman–Crippen MR) is 127 cm³/mol. The van der Waals surface area contributed by atoms with E-state index in [1.165, 1.54) is 0 Å². The maximum absolute atomic E-state index is 13.4. The summed E-state index contributed by atoms with van der Waals surface area (Å²) in [5.41, 5.74) is 2.34. The van der Waals surface area contributed by atoms with Gasteiger partial charge in [0.05, 0.1) is 19.1 Å². The molecule has 0 spiro atoms. The number of unbranched alkanes of at least 4 members (excludes halogenated alkanes) is 1. The van der Waals surface area contributed by atoms with Gasteiger partial charge in [-0.05, 0) is 48.7 Å². The van der Waals surface area contributed by atoms with Crippen LogP contribution in [0, 0.1) is 5.92 Å². The van der Waals surface area contributed by atoms with Gasteiger partial charge in [0, 0.05) is 37.3 Å². The van der Waals surface area contributed by atoms with Crippen molar-refractivity contribution < 1.29 is 19.1 Å². The Labute approximate surface area is 194 Å². The van der Waals surface area contributed by atoms with Crippen LogP contribution >= 0.6 is 0 Å². The van der Waals surface area contributed by atoms with Crippen LogP contribution in [0.1, 0.15) is 50.6 Å². The average molecular weight is 450 g/mol. The second-order valence-electron chi connectivity index (χ2n) is 8.66. The Morgan fingerprint density at radius 1 is 1.12 bits per heavy atom. The lowest BCUT2D eigenvalue weighted by molar-refractivity contribution is -0.129. The number of hydrogen-bond acceptors (Lipinski definition) is 4. The lowest BCUT2D eigenvalue weighted by Gasteiger charge is -2.28. The first kappa shape index (κ1) is 22.8. The number of nitrogens with one attached hydrogen (secondary N) is 1. The van der Waals surface area contributed by atoms with Crippen molar-refractivity contribution in [3.05, 3.63) is 54.1 Å². The molecule has 2 heterocycles. The minimum atomic E-state index is -0.500. The molecule has 174 valence electrons. The summed E-state index contributed by atoms with van der Waals surface area (Å²) in [6.07, 6.45) is 3.43. The molecule has 2 atom stereocenters. The van der Waals surface area contributed by atoms with Crippen LogP contribution < -0.4 is 15.0 Å². The fourth-order valence-corrected chi connectivity index (χ4v) is 4.74. The van der Waals surface area contributed by atoms with Crippen LogP contribution in [0.15, 0.2) is 48.5 Å². The van der Waals surface area contributed by atoms with E-state index >= 15 is 0 Å². The number of carbonyl (C=O) groups is 3. The lowest BCUT2D eigenvalue weighted by atomic mass is 9.92. The van der Waals surface area contributed by atoms with Gasteiger partial charge in [0.2, 0.25) is 17.7 Å². The van der Waals surface area contributed by atoms with Crippen LogP contribution in [0.2, 0.25) is 0 Å². The Morgan fingerprint density at radius 3 is 2.58 bits per heavy atom. The number of benzene rings is 2. The molecule has 7 nitrogen and oxygen atoms in total. The Hall–Kier alpha value is -3.35. The highest BCUT2D eigenvalue weighted by molar-refractivity contribution is 5.99. The minimum absolute atomic E-state index is 0.000771. The van der Waals surface area contributed by atoms with Gasteiger partial charge in [-0.3, -0.25) is 14.4 Å². The molecule has 2 aliphatic rings. The highest BCUT2D eigenvalue weighted by atomic mass is 16.5. The SMILES string of the molecule is CCCCN1C(=O)C[C@@H](C(=O)Nc2cccc(N3CCCC3=O)c2)[C@@H]1c1ccc(OC)cc1. The van der Waals surface area contributed by atoms with Crippen LogP contribution in [0.25, 0.3) is 0 Å². The molecule has 2 aromatic rings. The number of ether oxygens (including phenoxy) is 1. The summed E-state index contributed by atoms with van der Waals surface area (Å²) >= 11 is 0. The van der Waals surface area contributed by atoms with Gasteiger partial charge in [0.1, 0.15) is 5.75 Å². The van der Waals surface area contributed by atoms with Crippen molar-refractivity contribution in [2.24, 2.45) is 5.92 Å². The maximum atomic E-state index is 13.4. The second kappa shape index (κ2) is 10.1. The third-order valence-electron chi connectivity index (χ3n) is 6.48. The molecule has 33 heavy (non-hydrogen) atoms. The Kier molecular flexibility index (Phi) is 6.96. The van der Waals surface area contributed by atoms with Crippen LogP contribution in [-0.4, -0.2) is 42.8 Å². The quantitative estimate of drug-likeness (QED) is 0.657. The van der Waals surface area contributed by atoms with Gasteiger partial charge in [-0.25, -0.2) is 0 Å². The number of amides is 3. The van der Waals surface area contributed by atoms with Gasteiger partial charge < -0.3 is 19.9 Å². The summed E-state index contributed by atoms with van der Waals surface area (Å²) in [5.74, 6) is 0.150. The molecule has 4 rings (SSSR count). The Balaban J connectivity index is 1.57. The topological polar surface area (TPSA) is 79.0 Å². The van der Waals surface area contributed by atoms with Crippen molar-refractivity contribution in [1.82, 2.24) is 4.90 Å². The van der Waals surface area contributed by atoms with E-state index in [1.54, 1.807) is 12.0 Å². The lowest BCUT2D eigenvalue weighted by Crippen LogP contribution is -2.33. The van der Waals surface area contributed by atoms with Crippen molar-refractivity contribution in [3.63, 3.8) is 0 Å². The Morgan fingerprint density at radius 2 is 1.91 bits per heavy atom. The third-order valence-corrected chi connectivity index (χ3v) is 6.48. The molecule has 1 N–H and O–H groups in total. The first-order valence-corrected chi connectivity index (χ1v) is 11.7. The number of anilines is 2. The zero-order chi connectivity index (χ0) is 23.4. The highest BCUT2D eigenvalue weighted by Gasteiger charge is 2.44. The maximum Gasteiger partial charge on any atom is 0.230 e. The molecule has 7 heteroatoms. The molecule has 2 fully saturated rings. The first-order chi connectivity index (χ1) is 16.0. The number of rotatable bonds is 8. The van der Waals surface area contributed by atoms with Crippen LogP contribution in [0.4, 0.5) is 11.4 Å². The van der Waals surface area contributed by atoms with Crippen LogP contribution in [0.5, 0.6) is 5.75 Å². The smallest absolute Gasteiger partial charge is 0.230 e. The van der Waals surface area contributed by atoms with E-state index in [-0.39, 0.29) is 30.2 Å². The molecule has 0 aromatic heterocycles. The molecular weight excluding hydrogens is 418 g/mol. The molecule has 2 aromatic carbocycles. The summed E-state index contributed by atoms with van der Waals surface area (Å²) in [5, 5.41) is 3.00. The van der Waals surface area contributed by atoms with Crippen molar-refractivity contribution >= 4 is 29.1 Å². The van der Waals surface area contributed by atoms with E-state index < -0.39 is 5.92 Å². The first-order valence-electron chi connectivity index (χ1n) is 11.7. The Bertz CT molecular complexity index is 1020. The van der Waals surface area contributed by atoms with Gasteiger partial charge in [0.15, 0.2) is 0 Å². The van der Waals surface area contributed by atoms with Crippen molar-refractivity contribution in [2.75, 3.05) is 30.4 Å². The second-order valence-corrected chi connectivity index (χ2v) is 8.66. The predicted octanol–water partition coefficient (Wildman–Crippen LogP) is 4.15. The van der Waals surface area contributed by atoms with Gasteiger partial charge in [-0.15, -0.1) is 0 Å². The number of hydrogen-bond donors (Lipinski definition) is 1. The highest BCUT2D eigenvalue weighted by Crippen LogP contribution is 2.39. The summed E-state index contributed by atoms with van der Waals surface area (Å²) in [7, 11) is 1.61. The zero-order valence-corrected chi connectivity index (χ0v) is 19.3. The summed E-state index contributed by atoms with van der Waals surface area (Å²) in [6, 6.07) is 14.6. The van der Waals surface area contributed by atoms with Gasteiger partial charge >= 0.3 is 0 Å². The van der Waals surface area contributed by atoms with E-state index in [0.29, 0.717) is 25.2 Å². The van der Waals surface area contributed by atoms with Crippen molar-refractivity contribution in [3.8, 4) is 5.75 Å². The monoisotopic (exact) mass is 449 g/mol. The molecule has 0 radical (unpaired) electrons. The normalized spacial score (nSPS) is 20.4. The third kappa shape index (κ3) is 4.87. The number of nitrogens with zero attached hydrogens (tertiary/aromatic N) is 2. The molecule has 0 bridgehead atoms. The van der Waals surface area contributed by atoms with Gasteiger partial charge in [0.25, 0.3) is 0 Å². The number of likely N-dealkylation sites (tertiary alicyclic amines) is 1. The van der Waals surface area contributed by atoms with Crippen LogP contribution in [0.3, 0.4) is 0 Å². The molecule has 0 unspecified atom stereocenters. The minimum Gasteiger partial charge on any atom is -0.497 e. The average Bonchev–Trinajstić information content (AvgIpc) is 3.40. The molecule has 0 saturated carbocycles. The van der Waals surface area contributed by atoms with E-state index in [4.69, 9.17) is 4.74 Å².